The van der Waals surface area contributed by atoms with Crippen LogP contribution >= 0.6 is 0 Å². The van der Waals surface area contributed by atoms with Gasteiger partial charge in [-0.25, -0.2) is 0 Å². The lowest BCUT2D eigenvalue weighted by atomic mass is 9.79. The molecule has 0 aromatic heterocycles. The molecule has 0 radical (unpaired) electrons. The Kier molecular flexibility index (Phi) is 4.34. The van der Waals surface area contributed by atoms with Crippen molar-refractivity contribution in [1.29, 1.82) is 0 Å². The van der Waals surface area contributed by atoms with Crippen LogP contribution in [0.2, 0.25) is 0 Å². The van der Waals surface area contributed by atoms with Gasteiger partial charge in [-0.1, -0.05) is 59.7 Å². The van der Waals surface area contributed by atoms with Crippen molar-refractivity contribution in [2.45, 2.75) is 52.4 Å². The second-order valence-electron chi connectivity index (χ2n) is 8.10. The number of rotatable bonds is 2. The second-order valence-corrected chi connectivity index (χ2v) is 8.10. The van der Waals surface area contributed by atoms with Crippen LogP contribution in [0.4, 0.5) is 5.69 Å². The molecule has 2 aromatic rings. The molecule has 2 aromatic carbocycles. The highest BCUT2D eigenvalue weighted by Crippen LogP contribution is 2.34. The van der Waals surface area contributed by atoms with Gasteiger partial charge in [-0.3, -0.25) is 10.1 Å². The van der Waals surface area contributed by atoms with Crippen LogP contribution in [0.25, 0.3) is 11.1 Å². The van der Waals surface area contributed by atoms with E-state index >= 15 is 0 Å². The molecule has 0 fully saturated rings. The van der Waals surface area contributed by atoms with Crippen molar-refractivity contribution in [2.24, 2.45) is 0 Å². The third kappa shape index (κ3) is 3.98. The molecule has 0 heterocycles. The predicted molar refractivity (Wildman–Crippen MR) is 95.9 cm³/mol. The largest absolute Gasteiger partial charge is 0.269 e. The number of nitrogens with zero attached hydrogens (tertiary/aromatic N) is 1. The van der Waals surface area contributed by atoms with E-state index in [2.05, 4.69) is 59.7 Å². The molecule has 0 saturated carbocycles. The third-order valence-electron chi connectivity index (χ3n) is 4.08. The molecule has 122 valence electrons. The lowest BCUT2D eigenvalue weighted by Crippen LogP contribution is -2.16. The van der Waals surface area contributed by atoms with Crippen molar-refractivity contribution in [3.63, 3.8) is 0 Å². The van der Waals surface area contributed by atoms with Gasteiger partial charge in [0.15, 0.2) is 0 Å². The standard InChI is InChI=1S/C20H25NO2/c1-19(2,3)16-11-15(12-17(13-16)20(4,5)6)14-7-9-18(10-8-14)21(22)23/h7-13H,1-6H3. The first-order chi connectivity index (χ1) is 10.5. The molecule has 0 saturated heterocycles. The normalized spacial score (nSPS) is 12.3. The van der Waals surface area contributed by atoms with E-state index in [-0.39, 0.29) is 21.4 Å². The number of hydrogen-bond acceptors (Lipinski definition) is 2. The molecule has 0 spiro atoms. The molecule has 0 aliphatic rings. The zero-order valence-electron chi connectivity index (χ0n) is 14.8. The Hall–Kier alpha value is -2.16. The molecule has 0 bridgehead atoms. The number of nitro benzene ring substituents is 1. The molecule has 0 aliphatic carbocycles. The zero-order valence-corrected chi connectivity index (χ0v) is 14.8. The van der Waals surface area contributed by atoms with Crippen molar-refractivity contribution in [3.8, 4) is 11.1 Å². The summed E-state index contributed by atoms with van der Waals surface area (Å²) in [7, 11) is 0. The molecule has 0 aliphatic heterocycles. The minimum absolute atomic E-state index is 0.0524. The van der Waals surface area contributed by atoms with Crippen LogP contribution in [0.5, 0.6) is 0 Å². The monoisotopic (exact) mass is 311 g/mol. The number of nitro groups is 1. The Bertz CT molecular complexity index is 685. The van der Waals surface area contributed by atoms with Gasteiger partial charge in [0.2, 0.25) is 0 Å². The fourth-order valence-corrected chi connectivity index (χ4v) is 2.44. The van der Waals surface area contributed by atoms with Crippen molar-refractivity contribution in [2.75, 3.05) is 0 Å². The maximum Gasteiger partial charge on any atom is 0.269 e. The molecule has 23 heavy (non-hydrogen) atoms. The molecule has 0 atom stereocenters. The lowest BCUT2D eigenvalue weighted by molar-refractivity contribution is -0.384. The summed E-state index contributed by atoms with van der Waals surface area (Å²) in [5, 5.41) is 10.8. The van der Waals surface area contributed by atoms with E-state index in [1.807, 2.05) is 12.1 Å². The van der Waals surface area contributed by atoms with Gasteiger partial charge in [0.1, 0.15) is 0 Å². The van der Waals surface area contributed by atoms with Crippen LogP contribution in [0.3, 0.4) is 0 Å². The highest BCUT2D eigenvalue weighted by Gasteiger charge is 2.21. The van der Waals surface area contributed by atoms with E-state index in [1.165, 1.54) is 11.1 Å². The van der Waals surface area contributed by atoms with Crippen molar-refractivity contribution < 1.29 is 4.92 Å². The quantitative estimate of drug-likeness (QED) is 0.515. The summed E-state index contributed by atoms with van der Waals surface area (Å²) in [5.41, 5.74) is 4.89. The van der Waals surface area contributed by atoms with Gasteiger partial charge < -0.3 is 0 Å². The molecule has 0 N–H and O–H groups in total. The topological polar surface area (TPSA) is 43.1 Å². The highest BCUT2D eigenvalue weighted by molar-refractivity contribution is 5.67. The summed E-state index contributed by atoms with van der Waals surface area (Å²) >= 11 is 0. The van der Waals surface area contributed by atoms with Gasteiger partial charge in [-0.05, 0) is 45.2 Å². The van der Waals surface area contributed by atoms with Crippen molar-refractivity contribution >= 4 is 5.69 Å². The molecule has 0 amide bonds. The Morgan fingerprint density at radius 3 is 1.52 bits per heavy atom. The smallest absolute Gasteiger partial charge is 0.258 e. The average molecular weight is 311 g/mol. The molecular weight excluding hydrogens is 286 g/mol. The first kappa shape index (κ1) is 17.2. The van der Waals surface area contributed by atoms with Gasteiger partial charge >= 0.3 is 0 Å². The molecular formula is C20H25NO2. The lowest BCUT2D eigenvalue weighted by Gasteiger charge is -2.26. The van der Waals surface area contributed by atoms with Gasteiger partial charge in [0, 0.05) is 12.1 Å². The number of hydrogen-bond donors (Lipinski definition) is 0. The average Bonchev–Trinajstić information content (AvgIpc) is 2.45. The Morgan fingerprint density at radius 1 is 0.739 bits per heavy atom. The van der Waals surface area contributed by atoms with Crippen LogP contribution in [0.1, 0.15) is 52.7 Å². The van der Waals surface area contributed by atoms with Crippen LogP contribution in [0.15, 0.2) is 42.5 Å². The van der Waals surface area contributed by atoms with Gasteiger partial charge in [-0.2, -0.15) is 0 Å². The maximum absolute atomic E-state index is 10.8. The van der Waals surface area contributed by atoms with E-state index in [0.717, 1.165) is 11.1 Å². The van der Waals surface area contributed by atoms with Crippen LogP contribution in [-0.2, 0) is 10.8 Å². The first-order valence-electron chi connectivity index (χ1n) is 7.89. The summed E-state index contributed by atoms with van der Waals surface area (Å²) in [6.45, 7) is 13.2. The van der Waals surface area contributed by atoms with Gasteiger partial charge in [0.05, 0.1) is 4.92 Å². The van der Waals surface area contributed by atoms with E-state index in [0.29, 0.717) is 0 Å². The predicted octanol–water partition coefficient (Wildman–Crippen LogP) is 5.86. The minimum Gasteiger partial charge on any atom is -0.258 e. The van der Waals surface area contributed by atoms with Crippen LogP contribution in [0, 0.1) is 10.1 Å². The minimum atomic E-state index is -0.365. The van der Waals surface area contributed by atoms with Gasteiger partial charge in [0.25, 0.3) is 5.69 Å². The summed E-state index contributed by atoms with van der Waals surface area (Å²) in [5.74, 6) is 0. The summed E-state index contributed by atoms with van der Waals surface area (Å²) in [4.78, 5) is 10.5. The van der Waals surface area contributed by atoms with Crippen molar-refractivity contribution in [3.05, 3.63) is 63.7 Å². The fraction of sp³-hybridized carbons (Fsp3) is 0.400. The first-order valence-corrected chi connectivity index (χ1v) is 7.89. The summed E-state index contributed by atoms with van der Waals surface area (Å²) < 4.78 is 0. The Labute approximate surface area is 138 Å². The van der Waals surface area contributed by atoms with Gasteiger partial charge in [-0.15, -0.1) is 0 Å². The third-order valence-corrected chi connectivity index (χ3v) is 4.08. The Morgan fingerprint density at radius 2 is 1.17 bits per heavy atom. The van der Waals surface area contributed by atoms with E-state index < -0.39 is 0 Å². The van der Waals surface area contributed by atoms with E-state index in [1.54, 1.807) is 12.1 Å². The summed E-state index contributed by atoms with van der Waals surface area (Å²) in [6, 6.07) is 13.4. The molecule has 3 heteroatoms. The SMILES string of the molecule is CC(C)(C)c1cc(-c2ccc([N+](=O)[O-])cc2)cc(C(C)(C)C)c1. The van der Waals surface area contributed by atoms with E-state index in [4.69, 9.17) is 0 Å². The van der Waals surface area contributed by atoms with E-state index in [9.17, 15) is 10.1 Å². The fourth-order valence-electron chi connectivity index (χ4n) is 2.44. The number of non-ortho nitro benzene ring substituents is 1. The second kappa shape index (κ2) is 5.80. The Balaban J connectivity index is 2.59. The summed E-state index contributed by atoms with van der Waals surface area (Å²) in [6.07, 6.45) is 0. The molecule has 2 rings (SSSR count). The molecule has 3 nitrogen and oxygen atoms in total. The maximum atomic E-state index is 10.8. The molecule has 0 unspecified atom stereocenters. The zero-order chi connectivity index (χ0) is 17.4. The van der Waals surface area contributed by atoms with Crippen molar-refractivity contribution in [1.82, 2.24) is 0 Å². The number of benzene rings is 2. The van der Waals surface area contributed by atoms with Crippen LogP contribution < -0.4 is 0 Å². The van der Waals surface area contributed by atoms with Crippen LogP contribution in [-0.4, -0.2) is 4.92 Å². The highest BCUT2D eigenvalue weighted by atomic mass is 16.6.